The van der Waals surface area contributed by atoms with E-state index in [0.29, 0.717) is 18.7 Å². The summed E-state index contributed by atoms with van der Waals surface area (Å²) in [4.78, 5) is 12.1. The number of ether oxygens (including phenoxy) is 1. The van der Waals surface area contributed by atoms with E-state index < -0.39 is 6.10 Å². The summed E-state index contributed by atoms with van der Waals surface area (Å²) in [6.45, 7) is 2.60. The number of hydrogen-bond acceptors (Lipinski definition) is 3. The number of aliphatic hydroxyl groups is 1. The van der Waals surface area contributed by atoms with Gasteiger partial charge < -0.3 is 15.2 Å². The number of aliphatic hydroxyl groups excluding tert-OH is 1. The van der Waals surface area contributed by atoms with Gasteiger partial charge in [-0.05, 0) is 31.4 Å². The van der Waals surface area contributed by atoms with Crippen molar-refractivity contribution in [3.05, 3.63) is 30.3 Å². The Bertz CT molecular complexity index is 415. The molecule has 1 fully saturated rings. The molecule has 4 heteroatoms. The van der Waals surface area contributed by atoms with E-state index in [9.17, 15) is 9.90 Å². The van der Waals surface area contributed by atoms with Crippen LogP contribution < -0.4 is 10.1 Å². The van der Waals surface area contributed by atoms with Gasteiger partial charge in [0.05, 0.1) is 6.61 Å². The van der Waals surface area contributed by atoms with Gasteiger partial charge in [-0.1, -0.05) is 25.1 Å². The van der Waals surface area contributed by atoms with Crippen molar-refractivity contribution in [2.45, 2.75) is 32.3 Å². The summed E-state index contributed by atoms with van der Waals surface area (Å²) in [5, 5.41) is 12.1. The molecule has 1 aliphatic rings. The number of hydrogen-bond donors (Lipinski definition) is 2. The second-order valence-electron chi connectivity index (χ2n) is 5.20. The van der Waals surface area contributed by atoms with Crippen molar-refractivity contribution in [2.75, 3.05) is 13.2 Å². The Kier molecular flexibility index (Phi) is 4.43. The predicted molar refractivity (Wildman–Crippen MR) is 72.9 cm³/mol. The molecular weight excluding hydrogens is 242 g/mol. The zero-order valence-corrected chi connectivity index (χ0v) is 11.3. The highest BCUT2D eigenvalue weighted by atomic mass is 16.5. The Morgan fingerprint density at radius 3 is 2.63 bits per heavy atom. The van der Waals surface area contributed by atoms with Crippen LogP contribution in [0.25, 0.3) is 0 Å². The molecular formula is C15H21NO3. The van der Waals surface area contributed by atoms with Gasteiger partial charge in [0.15, 0.2) is 6.10 Å². The largest absolute Gasteiger partial charge is 0.481 e. The molecule has 0 spiro atoms. The summed E-state index contributed by atoms with van der Waals surface area (Å²) >= 11 is 0. The van der Waals surface area contributed by atoms with Crippen LogP contribution in [-0.2, 0) is 4.79 Å². The molecule has 1 aromatic rings. The van der Waals surface area contributed by atoms with Gasteiger partial charge in [0.25, 0.3) is 5.91 Å². The lowest BCUT2D eigenvalue weighted by molar-refractivity contribution is -0.128. The maximum Gasteiger partial charge on any atom is 0.261 e. The van der Waals surface area contributed by atoms with Crippen LogP contribution in [0.15, 0.2) is 30.3 Å². The average Bonchev–Trinajstić information content (AvgIpc) is 3.24. The fraction of sp³-hybridized carbons (Fsp3) is 0.533. The van der Waals surface area contributed by atoms with Crippen LogP contribution in [0.4, 0.5) is 0 Å². The Morgan fingerprint density at radius 1 is 1.42 bits per heavy atom. The lowest BCUT2D eigenvalue weighted by Gasteiger charge is -2.19. The molecule has 1 aliphatic carbocycles. The van der Waals surface area contributed by atoms with Gasteiger partial charge in [0.1, 0.15) is 5.75 Å². The number of para-hydroxylation sites is 1. The van der Waals surface area contributed by atoms with Crippen molar-refractivity contribution in [1.29, 1.82) is 0 Å². The molecule has 0 bridgehead atoms. The van der Waals surface area contributed by atoms with Gasteiger partial charge in [-0.15, -0.1) is 0 Å². The summed E-state index contributed by atoms with van der Waals surface area (Å²) in [6, 6.07) is 9.35. The Balaban J connectivity index is 1.85. The Hall–Kier alpha value is -1.55. The van der Waals surface area contributed by atoms with Gasteiger partial charge >= 0.3 is 0 Å². The van der Waals surface area contributed by atoms with E-state index in [1.807, 2.05) is 37.3 Å². The van der Waals surface area contributed by atoms with Crippen molar-refractivity contribution in [3.8, 4) is 5.75 Å². The Morgan fingerprint density at radius 2 is 2.11 bits per heavy atom. The molecule has 1 unspecified atom stereocenters. The maximum absolute atomic E-state index is 12.1. The molecule has 0 aromatic heterocycles. The van der Waals surface area contributed by atoms with Gasteiger partial charge in [0, 0.05) is 12.0 Å². The van der Waals surface area contributed by atoms with E-state index in [1.54, 1.807) is 0 Å². The standard InChI is InChI=1S/C15H21NO3/c1-2-13(19-12-6-4-3-5-7-12)14(18)16-10-15(11-17)8-9-15/h3-7,13,17H,2,8-11H2,1H3,(H,16,18). The van der Waals surface area contributed by atoms with Gasteiger partial charge in [-0.3, -0.25) is 4.79 Å². The monoisotopic (exact) mass is 263 g/mol. The maximum atomic E-state index is 12.1. The zero-order valence-electron chi connectivity index (χ0n) is 11.3. The van der Waals surface area contributed by atoms with Crippen molar-refractivity contribution in [2.24, 2.45) is 5.41 Å². The lowest BCUT2D eigenvalue weighted by atomic mass is 10.1. The number of rotatable bonds is 7. The molecule has 2 N–H and O–H groups in total. The quantitative estimate of drug-likeness (QED) is 0.787. The number of nitrogens with one attached hydrogen (secondary N) is 1. The number of amides is 1. The minimum absolute atomic E-state index is 0.0688. The summed E-state index contributed by atoms with van der Waals surface area (Å²) < 4.78 is 5.67. The molecule has 0 aliphatic heterocycles. The average molecular weight is 263 g/mol. The van der Waals surface area contributed by atoms with Crippen LogP contribution in [-0.4, -0.2) is 30.3 Å². The van der Waals surface area contributed by atoms with Crippen LogP contribution in [0.2, 0.25) is 0 Å². The molecule has 1 aromatic carbocycles. The van der Waals surface area contributed by atoms with Crippen molar-refractivity contribution in [1.82, 2.24) is 5.32 Å². The van der Waals surface area contributed by atoms with Crippen molar-refractivity contribution >= 4 is 5.91 Å². The Labute approximate surface area is 113 Å². The van der Waals surface area contributed by atoms with E-state index in [1.165, 1.54) is 0 Å². The zero-order chi connectivity index (χ0) is 13.7. The molecule has 104 valence electrons. The third-order valence-corrected chi connectivity index (χ3v) is 3.61. The number of benzene rings is 1. The summed E-state index contributed by atoms with van der Waals surface area (Å²) in [6.07, 6.45) is 2.12. The first-order valence-electron chi connectivity index (χ1n) is 6.79. The second-order valence-corrected chi connectivity index (χ2v) is 5.20. The normalized spacial score (nSPS) is 17.6. The molecule has 0 radical (unpaired) electrons. The third kappa shape index (κ3) is 3.70. The molecule has 0 heterocycles. The van der Waals surface area contributed by atoms with Crippen LogP contribution in [0.1, 0.15) is 26.2 Å². The topological polar surface area (TPSA) is 58.6 Å². The van der Waals surface area contributed by atoms with E-state index in [2.05, 4.69) is 5.32 Å². The molecule has 1 atom stereocenters. The van der Waals surface area contributed by atoms with Gasteiger partial charge in [-0.25, -0.2) is 0 Å². The first-order valence-corrected chi connectivity index (χ1v) is 6.79. The van der Waals surface area contributed by atoms with Crippen LogP contribution in [0.5, 0.6) is 5.75 Å². The summed E-state index contributed by atoms with van der Waals surface area (Å²) in [7, 11) is 0. The lowest BCUT2D eigenvalue weighted by Crippen LogP contribution is -2.41. The fourth-order valence-electron chi connectivity index (χ4n) is 1.94. The van der Waals surface area contributed by atoms with E-state index in [-0.39, 0.29) is 17.9 Å². The van der Waals surface area contributed by atoms with Gasteiger partial charge in [-0.2, -0.15) is 0 Å². The minimum atomic E-state index is -0.475. The number of carbonyl (C=O) groups excluding carboxylic acids is 1. The van der Waals surface area contributed by atoms with Crippen LogP contribution in [0.3, 0.4) is 0 Å². The van der Waals surface area contributed by atoms with E-state index in [4.69, 9.17) is 4.74 Å². The number of carbonyl (C=O) groups is 1. The second kappa shape index (κ2) is 6.06. The SMILES string of the molecule is CCC(Oc1ccccc1)C(=O)NCC1(CO)CC1. The molecule has 0 saturated heterocycles. The predicted octanol–water partition coefficient (Wildman–Crippen LogP) is 1.73. The highest BCUT2D eigenvalue weighted by molar-refractivity contribution is 5.81. The third-order valence-electron chi connectivity index (χ3n) is 3.61. The van der Waals surface area contributed by atoms with E-state index in [0.717, 1.165) is 12.8 Å². The minimum Gasteiger partial charge on any atom is -0.481 e. The van der Waals surface area contributed by atoms with Crippen molar-refractivity contribution < 1.29 is 14.6 Å². The molecule has 4 nitrogen and oxygen atoms in total. The highest BCUT2D eigenvalue weighted by Crippen LogP contribution is 2.44. The van der Waals surface area contributed by atoms with Crippen LogP contribution >= 0.6 is 0 Å². The van der Waals surface area contributed by atoms with Gasteiger partial charge in [0.2, 0.25) is 0 Å². The smallest absolute Gasteiger partial charge is 0.261 e. The first-order chi connectivity index (χ1) is 9.19. The molecule has 19 heavy (non-hydrogen) atoms. The van der Waals surface area contributed by atoms with Crippen LogP contribution in [0, 0.1) is 5.41 Å². The van der Waals surface area contributed by atoms with Crippen molar-refractivity contribution in [3.63, 3.8) is 0 Å². The van der Waals surface area contributed by atoms with E-state index >= 15 is 0 Å². The first kappa shape index (κ1) is 13.9. The highest BCUT2D eigenvalue weighted by Gasteiger charge is 2.42. The molecule has 2 rings (SSSR count). The summed E-state index contributed by atoms with van der Waals surface area (Å²) in [5.74, 6) is 0.596. The molecule has 1 saturated carbocycles. The fourth-order valence-corrected chi connectivity index (χ4v) is 1.94. The molecule has 1 amide bonds. The summed E-state index contributed by atoms with van der Waals surface area (Å²) in [5.41, 5.74) is -0.0688.